The van der Waals surface area contributed by atoms with Gasteiger partial charge in [0.1, 0.15) is 0 Å². The van der Waals surface area contributed by atoms with Crippen molar-refractivity contribution in [3.05, 3.63) is 20.8 Å². The molecule has 2 bridgehead atoms. The van der Waals surface area contributed by atoms with Crippen molar-refractivity contribution in [3.8, 4) is 0 Å². The van der Waals surface area contributed by atoms with Gasteiger partial charge in [0.25, 0.3) is 0 Å². The van der Waals surface area contributed by atoms with E-state index in [1.807, 2.05) is 11.3 Å². The molecule has 4 unspecified atom stereocenters. The maximum absolute atomic E-state index is 3.78. The van der Waals surface area contributed by atoms with Crippen LogP contribution in [0.4, 0.5) is 0 Å². The molecule has 0 aliphatic heterocycles. The van der Waals surface area contributed by atoms with Crippen molar-refractivity contribution in [2.75, 3.05) is 0 Å². The van der Waals surface area contributed by atoms with Crippen molar-refractivity contribution < 1.29 is 0 Å². The summed E-state index contributed by atoms with van der Waals surface area (Å²) < 4.78 is 1.23. The predicted molar refractivity (Wildman–Crippen MR) is 70.5 cm³/mol. The first-order valence-corrected chi connectivity index (χ1v) is 7.96. The molecule has 1 N–H and O–H groups in total. The summed E-state index contributed by atoms with van der Waals surface area (Å²) in [4.78, 5) is 1.46. The summed E-state index contributed by atoms with van der Waals surface area (Å²) in [6, 6.07) is 3.11. The fourth-order valence-corrected chi connectivity index (χ4v) is 5.67. The highest BCUT2D eigenvalue weighted by atomic mass is 79.9. The van der Waals surface area contributed by atoms with Crippen molar-refractivity contribution >= 4 is 27.3 Å². The zero-order valence-corrected chi connectivity index (χ0v) is 11.6. The molecule has 3 heteroatoms. The quantitative estimate of drug-likeness (QED) is 0.898. The topological polar surface area (TPSA) is 12.0 Å². The van der Waals surface area contributed by atoms with Gasteiger partial charge in [0.2, 0.25) is 0 Å². The molecule has 0 spiro atoms. The molecule has 1 aromatic rings. The summed E-state index contributed by atoms with van der Waals surface area (Å²) in [7, 11) is 0. The van der Waals surface area contributed by atoms with E-state index in [9.17, 15) is 0 Å². The molecule has 0 aromatic carbocycles. The lowest BCUT2D eigenvalue weighted by Crippen LogP contribution is -2.21. The average molecular weight is 298 g/mol. The van der Waals surface area contributed by atoms with Gasteiger partial charge in [-0.3, -0.25) is 0 Å². The van der Waals surface area contributed by atoms with Crippen LogP contribution in [0.5, 0.6) is 0 Å². The fourth-order valence-electron chi connectivity index (χ4n) is 4.26. The highest BCUT2D eigenvalue weighted by Gasteiger charge is 2.64. The van der Waals surface area contributed by atoms with E-state index in [1.54, 1.807) is 6.42 Å². The summed E-state index contributed by atoms with van der Waals surface area (Å²) in [6.45, 7) is 1.08. The standard InChI is InChI=1S/C13H16BrNS/c14-9-4-10(16-6-9)5-15-13-11-7-1-2-8(3-7)12(11)13/h4,6-8,11-13,15H,1-3,5H2. The Balaban J connectivity index is 1.37. The summed E-state index contributed by atoms with van der Waals surface area (Å²) in [5.41, 5.74) is 0. The van der Waals surface area contributed by atoms with Crippen molar-refractivity contribution in [1.82, 2.24) is 5.32 Å². The number of halogens is 1. The number of thiophene rings is 1. The Bertz CT molecular complexity index is 400. The Kier molecular flexibility index (Phi) is 2.25. The van der Waals surface area contributed by atoms with Crippen LogP contribution in [0.25, 0.3) is 0 Å². The second-order valence-electron chi connectivity index (χ2n) is 5.63. The van der Waals surface area contributed by atoms with E-state index < -0.39 is 0 Å². The molecule has 0 saturated heterocycles. The molecule has 4 rings (SSSR count). The number of fused-ring (bicyclic) bond motifs is 5. The number of rotatable bonds is 3. The van der Waals surface area contributed by atoms with Crippen LogP contribution >= 0.6 is 27.3 Å². The molecule has 3 aliphatic rings. The smallest absolute Gasteiger partial charge is 0.0302 e. The van der Waals surface area contributed by atoms with E-state index in [4.69, 9.17) is 0 Å². The Hall–Kier alpha value is 0.140. The Labute approximate surface area is 109 Å². The second-order valence-corrected chi connectivity index (χ2v) is 7.54. The zero-order chi connectivity index (χ0) is 10.7. The zero-order valence-electron chi connectivity index (χ0n) is 9.16. The summed E-state index contributed by atoms with van der Waals surface area (Å²) >= 11 is 5.37. The first-order chi connectivity index (χ1) is 7.83. The third-order valence-corrected chi connectivity index (χ3v) is 6.57. The molecule has 1 aromatic heterocycles. The molecule has 3 saturated carbocycles. The van der Waals surface area contributed by atoms with Gasteiger partial charge in [-0.15, -0.1) is 11.3 Å². The second kappa shape index (κ2) is 3.56. The highest BCUT2D eigenvalue weighted by Crippen LogP contribution is 2.65. The summed E-state index contributed by atoms with van der Waals surface area (Å²) in [6.07, 6.45) is 4.60. The first kappa shape index (κ1) is 10.1. The SMILES string of the molecule is Brc1csc(CNC2C3C4CCC(C4)C23)c1. The van der Waals surface area contributed by atoms with Crippen LogP contribution in [0.1, 0.15) is 24.1 Å². The molecule has 1 nitrogen and oxygen atoms in total. The molecule has 0 amide bonds. The molecule has 0 radical (unpaired) electrons. The maximum atomic E-state index is 3.78. The van der Waals surface area contributed by atoms with Gasteiger partial charge in [-0.25, -0.2) is 0 Å². The van der Waals surface area contributed by atoms with Gasteiger partial charge < -0.3 is 5.32 Å². The van der Waals surface area contributed by atoms with Gasteiger partial charge >= 0.3 is 0 Å². The van der Waals surface area contributed by atoms with E-state index in [0.29, 0.717) is 0 Å². The van der Waals surface area contributed by atoms with Crippen LogP contribution in [0, 0.1) is 23.7 Å². The lowest BCUT2D eigenvalue weighted by atomic mass is 10.0. The largest absolute Gasteiger partial charge is 0.309 e. The third-order valence-electron chi connectivity index (χ3n) is 4.87. The predicted octanol–water partition coefficient (Wildman–Crippen LogP) is 3.64. The van der Waals surface area contributed by atoms with Crippen molar-refractivity contribution in [2.24, 2.45) is 23.7 Å². The van der Waals surface area contributed by atoms with E-state index in [2.05, 4.69) is 32.7 Å². The first-order valence-electron chi connectivity index (χ1n) is 6.29. The average Bonchev–Trinajstić information content (AvgIpc) is 2.70. The molecule has 3 fully saturated rings. The third kappa shape index (κ3) is 1.44. The van der Waals surface area contributed by atoms with Crippen LogP contribution in [-0.4, -0.2) is 6.04 Å². The Morgan fingerprint density at radius 3 is 2.69 bits per heavy atom. The molecule has 3 aliphatic carbocycles. The Morgan fingerprint density at radius 1 is 1.31 bits per heavy atom. The molecular weight excluding hydrogens is 282 g/mol. The summed E-state index contributed by atoms with van der Waals surface area (Å²) in [5.74, 6) is 4.29. The lowest BCUT2D eigenvalue weighted by molar-refractivity contribution is 0.456. The van der Waals surface area contributed by atoms with Crippen LogP contribution < -0.4 is 5.32 Å². The van der Waals surface area contributed by atoms with Gasteiger partial charge in [0.05, 0.1) is 0 Å². The Morgan fingerprint density at radius 2 is 2.06 bits per heavy atom. The van der Waals surface area contributed by atoms with E-state index in [0.717, 1.165) is 36.3 Å². The molecule has 86 valence electrons. The van der Waals surface area contributed by atoms with Crippen molar-refractivity contribution in [2.45, 2.75) is 31.8 Å². The molecular formula is C13H16BrNS. The lowest BCUT2D eigenvalue weighted by Gasteiger charge is -2.09. The van der Waals surface area contributed by atoms with Crippen molar-refractivity contribution in [1.29, 1.82) is 0 Å². The van der Waals surface area contributed by atoms with E-state index in [-0.39, 0.29) is 0 Å². The minimum Gasteiger partial charge on any atom is -0.309 e. The van der Waals surface area contributed by atoms with Gasteiger partial charge in [0, 0.05) is 27.3 Å². The number of hydrogen-bond donors (Lipinski definition) is 1. The van der Waals surface area contributed by atoms with Crippen LogP contribution in [0.2, 0.25) is 0 Å². The van der Waals surface area contributed by atoms with E-state index in [1.165, 1.54) is 22.2 Å². The minimum absolute atomic E-state index is 0.868. The van der Waals surface area contributed by atoms with Crippen LogP contribution in [-0.2, 0) is 6.54 Å². The molecule has 16 heavy (non-hydrogen) atoms. The van der Waals surface area contributed by atoms with Gasteiger partial charge in [-0.2, -0.15) is 0 Å². The molecule has 4 atom stereocenters. The molecule has 1 heterocycles. The maximum Gasteiger partial charge on any atom is 0.0302 e. The number of nitrogens with one attached hydrogen (secondary N) is 1. The van der Waals surface area contributed by atoms with Crippen LogP contribution in [0.15, 0.2) is 15.9 Å². The summed E-state index contributed by atoms with van der Waals surface area (Å²) in [5, 5.41) is 5.95. The van der Waals surface area contributed by atoms with Gasteiger partial charge in [-0.1, -0.05) is 0 Å². The monoisotopic (exact) mass is 297 g/mol. The van der Waals surface area contributed by atoms with Crippen LogP contribution in [0.3, 0.4) is 0 Å². The fraction of sp³-hybridized carbons (Fsp3) is 0.692. The minimum atomic E-state index is 0.868. The number of hydrogen-bond acceptors (Lipinski definition) is 2. The van der Waals surface area contributed by atoms with Gasteiger partial charge in [0.15, 0.2) is 0 Å². The highest BCUT2D eigenvalue weighted by molar-refractivity contribution is 9.10. The van der Waals surface area contributed by atoms with Crippen molar-refractivity contribution in [3.63, 3.8) is 0 Å². The van der Waals surface area contributed by atoms with Gasteiger partial charge in [-0.05, 0) is 64.9 Å². The van der Waals surface area contributed by atoms with E-state index >= 15 is 0 Å². The normalized spacial score (nSPS) is 43.7.